The molecule has 1 heterocycles. The van der Waals surface area contributed by atoms with E-state index in [4.69, 9.17) is 27.7 Å². The first-order chi connectivity index (χ1) is 10.1. The average molecular weight is 328 g/mol. The van der Waals surface area contributed by atoms with Gasteiger partial charge in [0.1, 0.15) is 0 Å². The minimum absolute atomic E-state index is 0.363. The van der Waals surface area contributed by atoms with Gasteiger partial charge in [0.25, 0.3) is 0 Å². The van der Waals surface area contributed by atoms with E-state index in [-0.39, 0.29) is 0 Å². The molecule has 21 heavy (non-hydrogen) atoms. The second-order valence-electron chi connectivity index (χ2n) is 4.89. The molecule has 0 radical (unpaired) electrons. The third kappa shape index (κ3) is 4.43. The molecule has 0 amide bonds. The van der Waals surface area contributed by atoms with Gasteiger partial charge in [-0.15, -0.1) is 0 Å². The van der Waals surface area contributed by atoms with Crippen LogP contribution >= 0.6 is 23.2 Å². The van der Waals surface area contributed by atoms with Crippen LogP contribution in [0.5, 0.6) is 0 Å². The van der Waals surface area contributed by atoms with Crippen molar-refractivity contribution in [1.29, 1.82) is 0 Å². The van der Waals surface area contributed by atoms with E-state index in [1.807, 2.05) is 6.07 Å². The van der Waals surface area contributed by atoms with E-state index < -0.39 is 0 Å². The van der Waals surface area contributed by atoms with Crippen LogP contribution in [0.1, 0.15) is 32.6 Å². The van der Waals surface area contributed by atoms with Crippen molar-refractivity contribution in [2.45, 2.75) is 39.2 Å². The second kappa shape index (κ2) is 7.78. The van der Waals surface area contributed by atoms with Gasteiger partial charge in [0.15, 0.2) is 0 Å². The number of rotatable bonds is 7. The lowest BCUT2D eigenvalue weighted by atomic mass is 10.1. The fourth-order valence-electron chi connectivity index (χ4n) is 2.21. The topological polar surface area (TPSA) is 51.0 Å². The van der Waals surface area contributed by atoms with Gasteiger partial charge in [-0.05, 0) is 31.2 Å². The Kier molecular flexibility index (Phi) is 6.03. The van der Waals surface area contributed by atoms with Crippen LogP contribution in [-0.2, 0) is 6.42 Å². The van der Waals surface area contributed by atoms with Crippen molar-refractivity contribution in [2.24, 2.45) is 0 Å². The van der Waals surface area contributed by atoms with Crippen LogP contribution in [-0.4, -0.2) is 22.7 Å². The minimum atomic E-state index is 0.363. The van der Waals surface area contributed by atoms with Crippen molar-refractivity contribution in [3.63, 3.8) is 0 Å². The van der Waals surface area contributed by atoms with Crippen molar-refractivity contribution in [2.75, 3.05) is 6.54 Å². The second-order valence-corrected chi connectivity index (χ2v) is 5.70. The molecule has 1 unspecified atom stereocenters. The van der Waals surface area contributed by atoms with Crippen LogP contribution in [0.4, 0.5) is 0 Å². The SMILES string of the molecule is CCCC(Cc1nc(-c2ccc(Cl)c(Cl)c2)no1)NCC. The molecule has 0 spiro atoms. The van der Waals surface area contributed by atoms with Crippen LogP contribution in [0, 0.1) is 0 Å². The molecule has 0 saturated heterocycles. The highest BCUT2D eigenvalue weighted by molar-refractivity contribution is 6.42. The lowest BCUT2D eigenvalue weighted by Crippen LogP contribution is -2.30. The van der Waals surface area contributed by atoms with Gasteiger partial charge in [-0.25, -0.2) is 0 Å². The Hall–Kier alpha value is -1.10. The molecule has 2 aromatic rings. The minimum Gasteiger partial charge on any atom is -0.339 e. The van der Waals surface area contributed by atoms with Crippen molar-refractivity contribution < 1.29 is 4.52 Å². The Labute approximate surface area is 134 Å². The first-order valence-corrected chi connectivity index (χ1v) is 7.91. The fraction of sp³-hybridized carbons (Fsp3) is 0.467. The van der Waals surface area contributed by atoms with Gasteiger partial charge in [0.2, 0.25) is 11.7 Å². The molecule has 1 N–H and O–H groups in total. The molecular weight excluding hydrogens is 309 g/mol. The van der Waals surface area contributed by atoms with E-state index in [0.717, 1.165) is 31.4 Å². The van der Waals surface area contributed by atoms with Crippen LogP contribution < -0.4 is 5.32 Å². The van der Waals surface area contributed by atoms with Gasteiger partial charge in [-0.2, -0.15) is 4.98 Å². The summed E-state index contributed by atoms with van der Waals surface area (Å²) in [5.41, 5.74) is 0.801. The molecule has 0 aliphatic carbocycles. The zero-order valence-corrected chi connectivity index (χ0v) is 13.7. The number of benzene rings is 1. The molecule has 0 fully saturated rings. The van der Waals surface area contributed by atoms with Gasteiger partial charge in [-0.1, -0.05) is 48.6 Å². The molecule has 1 atom stereocenters. The van der Waals surface area contributed by atoms with E-state index in [9.17, 15) is 0 Å². The quantitative estimate of drug-likeness (QED) is 0.820. The van der Waals surface area contributed by atoms with Crippen LogP contribution in [0.15, 0.2) is 22.7 Å². The maximum Gasteiger partial charge on any atom is 0.228 e. The molecule has 0 bridgehead atoms. The third-order valence-electron chi connectivity index (χ3n) is 3.20. The summed E-state index contributed by atoms with van der Waals surface area (Å²) < 4.78 is 5.34. The summed E-state index contributed by atoms with van der Waals surface area (Å²) >= 11 is 11.9. The molecule has 1 aromatic carbocycles. The first kappa shape index (κ1) is 16.3. The fourth-order valence-corrected chi connectivity index (χ4v) is 2.51. The van der Waals surface area contributed by atoms with Crippen molar-refractivity contribution in [3.05, 3.63) is 34.1 Å². The highest BCUT2D eigenvalue weighted by atomic mass is 35.5. The highest BCUT2D eigenvalue weighted by Gasteiger charge is 2.14. The molecule has 0 aliphatic rings. The predicted octanol–water partition coefficient (Wildman–Crippen LogP) is 4.36. The van der Waals surface area contributed by atoms with E-state index >= 15 is 0 Å². The zero-order chi connectivity index (χ0) is 15.2. The third-order valence-corrected chi connectivity index (χ3v) is 3.94. The predicted molar refractivity (Wildman–Crippen MR) is 85.8 cm³/mol. The van der Waals surface area contributed by atoms with Gasteiger partial charge in [-0.3, -0.25) is 0 Å². The van der Waals surface area contributed by atoms with Crippen molar-refractivity contribution in [3.8, 4) is 11.4 Å². The van der Waals surface area contributed by atoms with Gasteiger partial charge in [0, 0.05) is 18.0 Å². The Bertz CT molecular complexity index is 580. The molecule has 2 rings (SSSR count). The summed E-state index contributed by atoms with van der Waals surface area (Å²) in [6.45, 7) is 5.19. The first-order valence-electron chi connectivity index (χ1n) is 7.15. The maximum atomic E-state index is 6.01. The number of nitrogens with one attached hydrogen (secondary N) is 1. The Balaban J connectivity index is 2.11. The van der Waals surface area contributed by atoms with Crippen LogP contribution in [0.25, 0.3) is 11.4 Å². The molecule has 0 aliphatic heterocycles. The number of halogens is 2. The summed E-state index contributed by atoms with van der Waals surface area (Å²) in [5.74, 6) is 1.17. The number of hydrogen-bond donors (Lipinski definition) is 1. The molecule has 114 valence electrons. The normalized spacial score (nSPS) is 12.6. The molecular formula is C15H19Cl2N3O. The lowest BCUT2D eigenvalue weighted by Gasteiger charge is -2.14. The summed E-state index contributed by atoms with van der Waals surface area (Å²) in [6.07, 6.45) is 2.93. The number of likely N-dealkylation sites (N-methyl/N-ethyl adjacent to an activating group) is 1. The molecule has 4 nitrogen and oxygen atoms in total. The Morgan fingerprint density at radius 3 is 2.71 bits per heavy atom. The Morgan fingerprint density at radius 1 is 1.24 bits per heavy atom. The Morgan fingerprint density at radius 2 is 2.05 bits per heavy atom. The van der Waals surface area contributed by atoms with E-state index in [1.54, 1.807) is 12.1 Å². The van der Waals surface area contributed by atoms with Crippen molar-refractivity contribution in [1.82, 2.24) is 15.5 Å². The van der Waals surface area contributed by atoms with E-state index in [2.05, 4.69) is 29.3 Å². The number of nitrogens with zero attached hydrogens (tertiary/aromatic N) is 2. The van der Waals surface area contributed by atoms with Crippen molar-refractivity contribution >= 4 is 23.2 Å². The monoisotopic (exact) mass is 327 g/mol. The molecule has 6 heteroatoms. The number of aromatic nitrogens is 2. The summed E-state index contributed by atoms with van der Waals surface area (Å²) in [4.78, 5) is 4.44. The summed E-state index contributed by atoms with van der Waals surface area (Å²) in [5, 5.41) is 8.44. The van der Waals surface area contributed by atoms with E-state index in [0.29, 0.717) is 27.8 Å². The van der Waals surface area contributed by atoms with Gasteiger partial charge >= 0.3 is 0 Å². The smallest absolute Gasteiger partial charge is 0.228 e. The highest BCUT2D eigenvalue weighted by Crippen LogP contribution is 2.27. The standard InChI is InChI=1S/C15H19Cl2N3O/c1-3-5-11(18-4-2)9-14-19-15(20-21-14)10-6-7-12(16)13(17)8-10/h6-8,11,18H,3-5,9H2,1-2H3. The van der Waals surface area contributed by atoms with Gasteiger partial charge in [0.05, 0.1) is 10.0 Å². The molecule has 0 saturated carbocycles. The average Bonchev–Trinajstić information content (AvgIpc) is 2.91. The summed E-state index contributed by atoms with van der Waals surface area (Å²) in [7, 11) is 0. The zero-order valence-electron chi connectivity index (χ0n) is 12.2. The van der Waals surface area contributed by atoms with E-state index in [1.165, 1.54) is 0 Å². The largest absolute Gasteiger partial charge is 0.339 e. The van der Waals surface area contributed by atoms with Gasteiger partial charge < -0.3 is 9.84 Å². The lowest BCUT2D eigenvalue weighted by molar-refractivity contribution is 0.352. The van der Waals surface area contributed by atoms with Crippen LogP contribution in [0.3, 0.4) is 0 Å². The maximum absolute atomic E-state index is 6.01. The molecule has 1 aromatic heterocycles. The van der Waals surface area contributed by atoms with Crippen LogP contribution in [0.2, 0.25) is 10.0 Å². The number of hydrogen-bond acceptors (Lipinski definition) is 4. The summed E-state index contributed by atoms with van der Waals surface area (Å²) in [6, 6.07) is 5.67.